The molecule has 1 fully saturated rings. The number of nitrogens with zero attached hydrogens (tertiary/aromatic N) is 2. The van der Waals surface area contributed by atoms with Crippen LogP contribution in [0.5, 0.6) is 0 Å². The number of pyridine rings is 1. The zero-order chi connectivity index (χ0) is 18.8. The van der Waals surface area contributed by atoms with Gasteiger partial charge in [0.2, 0.25) is 0 Å². The van der Waals surface area contributed by atoms with Gasteiger partial charge in [0, 0.05) is 24.3 Å². The number of piperidine rings is 1. The van der Waals surface area contributed by atoms with E-state index in [1.165, 1.54) is 0 Å². The van der Waals surface area contributed by atoms with Gasteiger partial charge in [-0.2, -0.15) is 0 Å². The third-order valence-electron chi connectivity index (χ3n) is 4.70. The molecule has 2 rings (SSSR count). The monoisotopic (exact) mass is 412 g/mol. The zero-order valence-corrected chi connectivity index (χ0v) is 16.5. The predicted octanol–water partition coefficient (Wildman–Crippen LogP) is 3.14. The summed E-state index contributed by atoms with van der Waals surface area (Å²) in [6.07, 6.45) is 1.74. The van der Waals surface area contributed by atoms with Gasteiger partial charge in [-0.3, -0.25) is 4.98 Å². The highest BCUT2D eigenvalue weighted by Crippen LogP contribution is 2.40. The molecule has 0 saturated carbocycles. The van der Waals surface area contributed by atoms with Crippen LogP contribution in [0.25, 0.3) is 0 Å². The first kappa shape index (κ1) is 19.9. The first-order valence-electron chi connectivity index (χ1n) is 8.27. The fourth-order valence-electron chi connectivity index (χ4n) is 3.19. The molecule has 1 aromatic rings. The number of aliphatic hydroxyl groups excluding tert-OH is 1. The van der Waals surface area contributed by atoms with Gasteiger partial charge in [-0.25, -0.2) is 4.79 Å². The van der Waals surface area contributed by atoms with E-state index in [4.69, 9.17) is 4.74 Å². The van der Waals surface area contributed by atoms with E-state index in [0.717, 1.165) is 23.0 Å². The minimum atomic E-state index is -1.61. The van der Waals surface area contributed by atoms with E-state index < -0.39 is 12.1 Å². The minimum absolute atomic E-state index is 0.222. The van der Waals surface area contributed by atoms with Crippen LogP contribution in [0, 0.1) is 13.8 Å². The van der Waals surface area contributed by atoms with Crippen LogP contribution in [-0.2, 0) is 9.53 Å². The smallest absolute Gasteiger partial charge is 0.337 e. The first-order chi connectivity index (χ1) is 11.7. The number of carboxylic acid groups (broad SMARTS) is 1. The normalized spacial score (nSPS) is 18.0. The molecule has 6 nitrogen and oxygen atoms in total. The van der Waals surface area contributed by atoms with Crippen molar-refractivity contribution < 1.29 is 19.7 Å². The van der Waals surface area contributed by atoms with E-state index in [1.807, 2.05) is 6.92 Å². The Hall–Kier alpha value is -1.44. The molecule has 138 valence electrons. The van der Waals surface area contributed by atoms with Crippen molar-refractivity contribution >= 4 is 27.6 Å². The Balaban J connectivity index is 2.36. The highest BCUT2D eigenvalue weighted by Gasteiger charge is 2.34. The Morgan fingerprint density at radius 3 is 2.56 bits per heavy atom. The molecular formula is C18H25BrN2O4. The number of carbonyl (C=O) groups is 1. The molecule has 1 unspecified atom stereocenters. The lowest BCUT2D eigenvalue weighted by molar-refractivity contribution is -0.147. The Labute approximate surface area is 156 Å². The van der Waals surface area contributed by atoms with Gasteiger partial charge < -0.3 is 19.8 Å². The molecule has 1 atom stereocenters. The molecule has 7 heteroatoms. The number of aromatic nitrogens is 1. The summed E-state index contributed by atoms with van der Waals surface area (Å²) in [6, 6.07) is 0. The zero-order valence-electron chi connectivity index (χ0n) is 14.9. The summed E-state index contributed by atoms with van der Waals surface area (Å²) >= 11 is 3.54. The summed E-state index contributed by atoms with van der Waals surface area (Å²) in [6.45, 7) is 11.3. The fraction of sp³-hybridized carbons (Fsp3) is 0.556. The van der Waals surface area contributed by atoms with Crippen molar-refractivity contribution in [2.24, 2.45) is 0 Å². The number of aliphatic carboxylic acids is 1. The lowest BCUT2D eigenvalue weighted by Crippen LogP contribution is -2.45. The van der Waals surface area contributed by atoms with Gasteiger partial charge in [-0.1, -0.05) is 6.08 Å². The summed E-state index contributed by atoms with van der Waals surface area (Å²) in [5.41, 5.74) is 2.14. The Kier molecular flexibility index (Phi) is 6.24. The van der Waals surface area contributed by atoms with E-state index in [-0.39, 0.29) is 5.60 Å². The molecular weight excluding hydrogens is 388 g/mol. The van der Waals surface area contributed by atoms with Gasteiger partial charge in [0.25, 0.3) is 0 Å². The van der Waals surface area contributed by atoms with Crippen molar-refractivity contribution in [3.8, 4) is 0 Å². The Morgan fingerprint density at radius 2 is 2.04 bits per heavy atom. The molecule has 0 aromatic carbocycles. The largest absolute Gasteiger partial charge is 0.479 e. The fourth-order valence-corrected chi connectivity index (χ4v) is 3.74. The quantitative estimate of drug-likeness (QED) is 0.698. The maximum Gasteiger partial charge on any atom is 0.337 e. The predicted molar refractivity (Wildman–Crippen MR) is 100 cm³/mol. The van der Waals surface area contributed by atoms with Crippen molar-refractivity contribution in [2.75, 3.05) is 24.6 Å². The van der Waals surface area contributed by atoms with Crippen molar-refractivity contribution in [1.82, 2.24) is 4.98 Å². The van der Waals surface area contributed by atoms with E-state index >= 15 is 0 Å². The number of hydrogen-bond donors (Lipinski definition) is 2. The molecule has 0 spiro atoms. The Morgan fingerprint density at radius 1 is 1.44 bits per heavy atom. The van der Waals surface area contributed by atoms with Crippen LogP contribution >= 0.6 is 15.9 Å². The second-order valence-corrected chi connectivity index (χ2v) is 7.43. The molecule has 1 aliphatic rings. The second-order valence-electron chi connectivity index (χ2n) is 6.64. The van der Waals surface area contributed by atoms with E-state index in [0.29, 0.717) is 36.6 Å². The molecule has 2 N–H and O–H groups in total. The number of anilines is 1. The lowest BCUT2D eigenvalue weighted by atomic mass is 9.92. The minimum Gasteiger partial charge on any atom is -0.479 e. The molecule has 0 amide bonds. The lowest BCUT2D eigenvalue weighted by Gasteiger charge is -2.41. The third kappa shape index (κ3) is 4.22. The van der Waals surface area contributed by atoms with Gasteiger partial charge >= 0.3 is 5.97 Å². The summed E-state index contributed by atoms with van der Waals surface area (Å²) in [4.78, 5) is 17.8. The van der Waals surface area contributed by atoms with Crippen LogP contribution in [0.2, 0.25) is 0 Å². The van der Waals surface area contributed by atoms with Crippen molar-refractivity contribution in [2.45, 2.75) is 45.3 Å². The van der Waals surface area contributed by atoms with Gasteiger partial charge in [-0.05, 0) is 49.5 Å². The maximum absolute atomic E-state index is 11.4. The summed E-state index contributed by atoms with van der Waals surface area (Å²) in [7, 11) is 0. The summed E-state index contributed by atoms with van der Waals surface area (Å²) in [5, 5.41) is 19.5. The maximum atomic E-state index is 11.4. The average molecular weight is 413 g/mol. The van der Waals surface area contributed by atoms with Gasteiger partial charge in [-0.15, -0.1) is 6.58 Å². The third-order valence-corrected chi connectivity index (χ3v) is 5.65. The SMILES string of the molecule is C=CCOC1(C)CCN(c2c(Br)c(C)nc(C)c2C(O)C(=O)O)CC1. The van der Waals surface area contributed by atoms with Crippen LogP contribution in [-0.4, -0.2) is 46.5 Å². The number of rotatable bonds is 6. The van der Waals surface area contributed by atoms with Crippen LogP contribution in [0.4, 0.5) is 5.69 Å². The number of aryl methyl sites for hydroxylation is 2. The number of aliphatic hydroxyl groups is 1. The van der Waals surface area contributed by atoms with Crippen molar-refractivity contribution in [3.05, 3.63) is 34.1 Å². The van der Waals surface area contributed by atoms with Crippen LogP contribution in [0.3, 0.4) is 0 Å². The number of carboxylic acids is 1. The molecule has 1 saturated heterocycles. The molecule has 2 heterocycles. The van der Waals surface area contributed by atoms with Crippen molar-refractivity contribution in [1.29, 1.82) is 0 Å². The topological polar surface area (TPSA) is 82.9 Å². The summed E-state index contributed by atoms with van der Waals surface area (Å²) in [5.74, 6) is -1.28. The highest BCUT2D eigenvalue weighted by atomic mass is 79.9. The highest BCUT2D eigenvalue weighted by molar-refractivity contribution is 9.10. The molecule has 1 aliphatic heterocycles. The van der Waals surface area contributed by atoms with E-state index in [1.54, 1.807) is 13.0 Å². The molecule has 25 heavy (non-hydrogen) atoms. The Bertz CT molecular complexity index is 670. The number of hydrogen-bond acceptors (Lipinski definition) is 5. The molecule has 0 bridgehead atoms. The molecule has 1 aromatic heterocycles. The second kappa shape index (κ2) is 7.85. The summed E-state index contributed by atoms with van der Waals surface area (Å²) < 4.78 is 6.61. The first-order valence-corrected chi connectivity index (χ1v) is 9.06. The van der Waals surface area contributed by atoms with Crippen LogP contribution in [0.1, 0.15) is 42.8 Å². The van der Waals surface area contributed by atoms with E-state index in [2.05, 4.69) is 39.3 Å². The average Bonchev–Trinajstić information content (AvgIpc) is 2.56. The van der Waals surface area contributed by atoms with E-state index in [9.17, 15) is 15.0 Å². The van der Waals surface area contributed by atoms with Gasteiger partial charge in [0.1, 0.15) is 0 Å². The van der Waals surface area contributed by atoms with Crippen molar-refractivity contribution in [3.63, 3.8) is 0 Å². The van der Waals surface area contributed by atoms with Gasteiger partial charge in [0.15, 0.2) is 6.10 Å². The molecule has 0 aliphatic carbocycles. The number of halogens is 1. The van der Waals surface area contributed by atoms with Crippen LogP contribution < -0.4 is 4.90 Å². The standard InChI is InChI=1S/C18H25BrN2O4/c1-5-10-25-18(4)6-8-21(9-7-18)15-13(16(22)17(23)24)11(2)20-12(3)14(15)19/h5,16,22H,1,6-10H2,2-4H3,(H,23,24). The molecule has 0 radical (unpaired) electrons. The van der Waals surface area contributed by atoms with Gasteiger partial charge in [0.05, 0.1) is 28.1 Å². The van der Waals surface area contributed by atoms with Crippen LogP contribution in [0.15, 0.2) is 17.1 Å². The number of ether oxygens (including phenoxy) is 1.